The molecule has 0 aromatic carbocycles. The van der Waals surface area contributed by atoms with E-state index in [9.17, 15) is 13.2 Å². The van der Waals surface area contributed by atoms with E-state index in [-0.39, 0.29) is 29.4 Å². The van der Waals surface area contributed by atoms with E-state index >= 15 is 0 Å². The van der Waals surface area contributed by atoms with Crippen LogP contribution in [-0.4, -0.2) is 45.2 Å². The maximum absolute atomic E-state index is 12.7. The fourth-order valence-corrected chi connectivity index (χ4v) is 5.32. The molecule has 206 valence electrons. The van der Waals surface area contributed by atoms with Crippen molar-refractivity contribution in [2.24, 2.45) is 0 Å². The number of hydrogen-bond acceptors (Lipinski definition) is 6. The fourth-order valence-electron chi connectivity index (χ4n) is 3.95. The van der Waals surface area contributed by atoms with E-state index in [1.54, 1.807) is 13.3 Å². The summed E-state index contributed by atoms with van der Waals surface area (Å²) in [5.41, 5.74) is 0.480. The zero-order valence-electron chi connectivity index (χ0n) is 22.5. The summed E-state index contributed by atoms with van der Waals surface area (Å²) in [5, 5.41) is 3.64. The van der Waals surface area contributed by atoms with Gasteiger partial charge in [-0.1, -0.05) is 39.7 Å². The van der Waals surface area contributed by atoms with Gasteiger partial charge in [0.1, 0.15) is 24.2 Å². The van der Waals surface area contributed by atoms with Crippen molar-refractivity contribution < 1.29 is 22.6 Å². The number of aromatic amines is 1. The summed E-state index contributed by atoms with van der Waals surface area (Å²) in [6.45, 7) is 8.84. The molecule has 2 N–H and O–H groups in total. The van der Waals surface area contributed by atoms with Crippen LogP contribution in [0.3, 0.4) is 0 Å². The average molecular weight is 549 g/mol. The van der Waals surface area contributed by atoms with Crippen molar-refractivity contribution in [1.29, 1.82) is 0 Å². The van der Waals surface area contributed by atoms with Crippen LogP contribution < -0.4 is 5.32 Å². The van der Waals surface area contributed by atoms with Gasteiger partial charge in [-0.3, -0.25) is 4.98 Å². The molecule has 0 radical (unpaired) electrons. The van der Waals surface area contributed by atoms with Crippen molar-refractivity contribution >= 4 is 11.8 Å². The molecule has 10 heteroatoms. The molecule has 2 heterocycles. The molecule has 2 aromatic heterocycles. The molecule has 0 bridgehead atoms. The number of ether oxygens (including phenoxy) is 2. The standard InChI is InChI=1S/C28H35F3N4O2S/c1-18(38-27(2,3)4)8-7-9-23(32-5)26-34-16-24(35-26)22-13-12-21(14-25(22)36-6)37-17-20-11-10-19(15-33-20)28(29,30)31/h10-16,18,22-23,25,32H,8,17H2,1-6H3,(H,34,35). The van der Waals surface area contributed by atoms with Crippen molar-refractivity contribution in [3.63, 3.8) is 0 Å². The highest BCUT2D eigenvalue weighted by atomic mass is 32.2. The molecule has 1 aliphatic rings. The Hall–Kier alpha value is -2.74. The zero-order valence-corrected chi connectivity index (χ0v) is 23.3. The molecule has 0 saturated heterocycles. The number of alkyl halides is 3. The quantitative estimate of drug-likeness (QED) is 0.366. The van der Waals surface area contributed by atoms with Gasteiger partial charge >= 0.3 is 6.18 Å². The smallest absolute Gasteiger partial charge is 0.417 e. The summed E-state index contributed by atoms with van der Waals surface area (Å²) >= 11 is 1.91. The number of H-pyrrole nitrogens is 1. The van der Waals surface area contributed by atoms with E-state index in [0.29, 0.717) is 16.7 Å². The lowest BCUT2D eigenvalue weighted by molar-refractivity contribution is -0.137. The van der Waals surface area contributed by atoms with E-state index < -0.39 is 11.7 Å². The Morgan fingerprint density at radius 2 is 1.95 bits per heavy atom. The third-order valence-corrected chi connectivity index (χ3v) is 6.96. The van der Waals surface area contributed by atoms with E-state index in [1.807, 2.05) is 37.0 Å². The van der Waals surface area contributed by atoms with Gasteiger partial charge in [0.05, 0.1) is 17.4 Å². The van der Waals surface area contributed by atoms with Crippen molar-refractivity contribution in [1.82, 2.24) is 20.3 Å². The lowest BCUT2D eigenvalue weighted by atomic mass is 9.94. The second-order valence-electron chi connectivity index (χ2n) is 9.99. The largest absolute Gasteiger partial charge is 0.488 e. The lowest BCUT2D eigenvalue weighted by Gasteiger charge is -2.24. The van der Waals surface area contributed by atoms with Gasteiger partial charge in [0, 0.05) is 47.5 Å². The van der Waals surface area contributed by atoms with Crippen molar-refractivity contribution in [3.8, 4) is 11.8 Å². The summed E-state index contributed by atoms with van der Waals surface area (Å²) in [6.07, 6.45) is 4.24. The van der Waals surface area contributed by atoms with Crippen molar-refractivity contribution in [3.05, 3.63) is 71.3 Å². The van der Waals surface area contributed by atoms with Gasteiger partial charge in [-0.15, -0.1) is 5.92 Å². The third kappa shape index (κ3) is 8.65. The Kier molecular flexibility index (Phi) is 10.1. The average Bonchev–Trinajstić information content (AvgIpc) is 3.33. The maximum atomic E-state index is 12.7. The number of methoxy groups -OCH3 is 1. The number of imidazole rings is 1. The van der Waals surface area contributed by atoms with Crippen LogP contribution in [-0.2, 0) is 22.3 Å². The molecule has 3 rings (SSSR count). The van der Waals surface area contributed by atoms with E-state index in [1.165, 1.54) is 6.07 Å². The Morgan fingerprint density at radius 1 is 1.18 bits per heavy atom. The van der Waals surface area contributed by atoms with E-state index in [0.717, 1.165) is 30.2 Å². The second-order valence-corrected chi connectivity index (χ2v) is 12.3. The normalized spacial score (nSPS) is 19.3. The molecule has 0 saturated carbocycles. The number of thioether (sulfide) groups is 1. The molecule has 6 nitrogen and oxygen atoms in total. The molecule has 4 unspecified atom stereocenters. The molecule has 38 heavy (non-hydrogen) atoms. The first-order valence-corrected chi connectivity index (χ1v) is 13.2. The monoisotopic (exact) mass is 548 g/mol. The molecule has 0 fully saturated rings. The van der Waals surface area contributed by atoms with Gasteiger partial charge in [-0.25, -0.2) is 4.98 Å². The fraction of sp³-hybridized carbons (Fsp3) is 0.500. The van der Waals surface area contributed by atoms with Crippen LogP contribution in [0, 0.1) is 11.8 Å². The predicted molar refractivity (Wildman–Crippen MR) is 144 cm³/mol. The first-order chi connectivity index (χ1) is 17.9. The number of hydrogen-bond donors (Lipinski definition) is 2. The highest BCUT2D eigenvalue weighted by Crippen LogP contribution is 2.31. The second kappa shape index (κ2) is 12.9. The number of allylic oxidation sites excluding steroid dienone is 1. The first-order valence-electron chi connectivity index (χ1n) is 12.4. The molecule has 0 spiro atoms. The number of nitrogens with zero attached hydrogens (tertiary/aromatic N) is 2. The molecular formula is C28H35F3N4O2S. The molecule has 1 aliphatic carbocycles. The summed E-state index contributed by atoms with van der Waals surface area (Å²) in [6, 6.07) is 2.08. The van der Waals surface area contributed by atoms with Crippen LogP contribution in [0.1, 0.15) is 68.9 Å². The minimum absolute atomic E-state index is 0.0407. The molecule has 0 amide bonds. The Morgan fingerprint density at radius 3 is 2.55 bits per heavy atom. The summed E-state index contributed by atoms with van der Waals surface area (Å²) < 4.78 is 49.8. The topological polar surface area (TPSA) is 72.1 Å². The number of aromatic nitrogens is 3. The number of pyridine rings is 1. The van der Waals surface area contributed by atoms with Crippen LogP contribution >= 0.6 is 11.8 Å². The lowest BCUT2D eigenvalue weighted by Crippen LogP contribution is -2.21. The Balaban J connectivity index is 1.61. The molecular weight excluding hydrogens is 513 g/mol. The Labute approximate surface area is 226 Å². The van der Waals surface area contributed by atoms with Crippen molar-refractivity contribution in [2.45, 2.75) is 75.0 Å². The van der Waals surface area contributed by atoms with E-state index in [4.69, 9.17) is 9.47 Å². The molecule has 4 atom stereocenters. The highest BCUT2D eigenvalue weighted by Gasteiger charge is 2.31. The van der Waals surface area contributed by atoms with Gasteiger partial charge in [-0.2, -0.15) is 24.9 Å². The minimum Gasteiger partial charge on any atom is -0.488 e. The van der Waals surface area contributed by atoms with Gasteiger partial charge < -0.3 is 19.8 Å². The summed E-state index contributed by atoms with van der Waals surface area (Å²) in [4.78, 5) is 11.8. The Bertz CT molecular complexity index is 1170. The number of halogens is 3. The third-order valence-electron chi connectivity index (χ3n) is 5.69. The molecule has 0 aliphatic heterocycles. The van der Waals surface area contributed by atoms with Crippen LogP contribution in [0.5, 0.6) is 0 Å². The minimum atomic E-state index is -4.42. The predicted octanol–water partition coefficient (Wildman–Crippen LogP) is 6.17. The van der Waals surface area contributed by atoms with Crippen LogP contribution in [0.4, 0.5) is 13.2 Å². The maximum Gasteiger partial charge on any atom is 0.417 e. The summed E-state index contributed by atoms with van der Waals surface area (Å²) in [7, 11) is 3.46. The van der Waals surface area contributed by atoms with Crippen LogP contribution in [0.25, 0.3) is 0 Å². The SMILES string of the molecule is CNC(C#CCC(C)SC(C)(C)C)c1ncc(C2C=CC(OCc3ccc(C(F)(F)F)cn3)=CC2OC)[nH]1. The van der Waals surface area contributed by atoms with Gasteiger partial charge in [0.2, 0.25) is 0 Å². The highest BCUT2D eigenvalue weighted by molar-refractivity contribution is 8.01. The van der Waals surface area contributed by atoms with Crippen LogP contribution in [0.2, 0.25) is 0 Å². The van der Waals surface area contributed by atoms with Gasteiger partial charge in [0.25, 0.3) is 0 Å². The first kappa shape index (κ1) is 29.8. The van der Waals surface area contributed by atoms with Crippen molar-refractivity contribution in [2.75, 3.05) is 14.2 Å². The molecule has 2 aromatic rings. The van der Waals surface area contributed by atoms with Crippen LogP contribution in [0.15, 0.2) is 48.5 Å². The zero-order chi connectivity index (χ0) is 27.9. The summed E-state index contributed by atoms with van der Waals surface area (Å²) in [5.74, 6) is 7.73. The number of nitrogens with one attached hydrogen (secondary N) is 2. The number of rotatable bonds is 9. The van der Waals surface area contributed by atoms with Gasteiger partial charge in [-0.05, 0) is 31.3 Å². The van der Waals surface area contributed by atoms with Gasteiger partial charge in [0.15, 0.2) is 0 Å². The van der Waals surface area contributed by atoms with E-state index in [2.05, 4.69) is 59.8 Å².